The molecule has 1 aliphatic heterocycles. The van der Waals surface area contributed by atoms with Crippen LogP contribution in [0, 0.1) is 0 Å². The third kappa shape index (κ3) is 5.05. The Hall–Kier alpha value is -1.39. The summed E-state index contributed by atoms with van der Waals surface area (Å²) in [6, 6.07) is 15.7. The van der Waals surface area contributed by atoms with Crippen molar-refractivity contribution in [2.75, 3.05) is 6.61 Å². The van der Waals surface area contributed by atoms with Gasteiger partial charge in [-0.25, -0.2) is 0 Å². The summed E-state index contributed by atoms with van der Waals surface area (Å²) in [7, 11) is 0. The second kappa shape index (κ2) is 8.81. The van der Waals surface area contributed by atoms with Gasteiger partial charge in [0.15, 0.2) is 0 Å². The number of fused-ring (bicyclic) bond motifs is 2. The van der Waals surface area contributed by atoms with Crippen LogP contribution in [0.2, 0.25) is 0 Å². The molecule has 7 heteroatoms. The van der Waals surface area contributed by atoms with E-state index in [-0.39, 0.29) is 0 Å². The van der Waals surface area contributed by atoms with Crippen molar-refractivity contribution in [2.24, 2.45) is 9.98 Å². The van der Waals surface area contributed by atoms with Gasteiger partial charge in [-0.1, -0.05) is 0 Å². The third-order valence-corrected chi connectivity index (χ3v) is 6.98. The molecular weight excluding hydrogens is 402 g/mol. The summed E-state index contributed by atoms with van der Waals surface area (Å²) in [5.41, 5.74) is 3.60. The van der Waals surface area contributed by atoms with E-state index in [0.29, 0.717) is 19.8 Å². The van der Waals surface area contributed by atoms with Crippen LogP contribution in [-0.2, 0) is 26.8 Å². The zero-order valence-corrected chi connectivity index (χ0v) is 16.5. The summed E-state index contributed by atoms with van der Waals surface area (Å²) in [4.78, 5) is 8.97. The van der Waals surface area contributed by atoms with Gasteiger partial charge in [0.05, 0.1) is 0 Å². The van der Waals surface area contributed by atoms with E-state index in [1.54, 1.807) is 12.4 Å². The first-order valence-electron chi connectivity index (χ1n) is 7.96. The maximum absolute atomic E-state index is 6.02. The Bertz CT molecular complexity index is 775. The predicted molar refractivity (Wildman–Crippen MR) is 103 cm³/mol. The Morgan fingerprint density at radius 1 is 0.920 bits per heavy atom. The van der Waals surface area contributed by atoms with Crippen LogP contribution < -0.4 is 0 Å². The average Bonchev–Trinajstić information content (AvgIpc) is 2.64. The molecule has 0 amide bonds. The fraction of sp³-hybridized carbons (Fsp3) is 0.222. The van der Waals surface area contributed by atoms with Gasteiger partial charge >= 0.3 is 155 Å². The number of benzene rings is 2. The Labute approximate surface area is 155 Å². The normalized spacial score (nSPS) is 20.7. The van der Waals surface area contributed by atoms with Crippen LogP contribution in [0.5, 0.6) is 0 Å². The number of para-hydroxylation sites is 2. The molecule has 0 spiro atoms. The molecule has 0 atom stereocenters. The molecule has 2 aromatic rings. The molecule has 0 saturated heterocycles. The van der Waals surface area contributed by atoms with E-state index in [4.69, 9.17) is 13.6 Å². The minimum absolute atomic E-state index is 0.354. The Kier molecular flexibility index (Phi) is 6.49. The molecule has 0 aromatic heterocycles. The topological polar surface area (TPSA) is 52.4 Å². The standard InChI is InChI=1S/C18H19N2O3PSe/c1-2-21-24(25)22-13-15-7-3-5-9-17(15)19-11-12-20-18-10-6-4-8-16(18)14-23-24/h3-12H,2,13-14H2,1H3. The molecule has 25 heavy (non-hydrogen) atoms. The van der Waals surface area contributed by atoms with Crippen LogP contribution >= 0.6 is 6.19 Å². The quantitative estimate of drug-likeness (QED) is 0.521. The number of aliphatic imine (C=N–C) groups is 2. The van der Waals surface area contributed by atoms with Gasteiger partial charge in [-0.15, -0.1) is 0 Å². The molecule has 5 nitrogen and oxygen atoms in total. The summed E-state index contributed by atoms with van der Waals surface area (Å²) in [5, 5.41) is 0. The molecule has 0 radical (unpaired) electrons. The van der Waals surface area contributed by atoms with Gasteiger partial charge in [-0.05, 0) is 0 Å². The fourth-order valence-electron chi connectivity index (χ4n) is 2.31. The monoisotopic (exact) mass is 422 g/mol. The van der Waals surface area contributed by atoms with Gasteiger partial charge in [-0.3, -0.25) is 0 Å². The number of rotatable bonds is 2. The Balaban J connectivity index is 1.99. The van der Waals surface area contributed by atoms with Crippen LogP contribution in [0.25, 0.3) is 0 Å². The first-order chi connectivity index (χ1) is 12.2. The molecule has 1 aliphatic rings. The van der Waals surface area contributed by atoms with Crippen molar-refractivity contribution in [2.45, 2.75) is 20.1 Å². The molecule has 0 aliphatic carbocycles. The molecule has 3 rings (SSSR count). The van der Waals surface area contributed by atoms with Gasteiger partial charge in [0, 0.05) is 0 Å². The Morgan fingerprint density at radius 3 is 1.88 bits per heavy atom. The van der Waals surface area contributed by atoms with E-state index in [1.165, 1.54) is 0 Å². The molecule has 1 heterocycles. The zero-order chi connectivity index (χ0) is 17.5. The van der Waals surface area contributed by atoms with Gasteiger partial charge in [0.1, 0.15) is 0 Å². The number of hydrogen-bond acceptors (Lipinski definition) is 5. The summed E-state index contributed by atoms with van der Waals surface area (Å²) in [5.74, 6) is 0. The second-order valence-electron chi connectivity index (χ2n) is 5.23. The van der Waals surface area contributed by atoms with Crippen LogP contribution in [0.4, 0.5) is 11.4 Å². The molecule has 0 N–H and O–H groups in total. The van der Waals surface area contributed by atoms with Gasteiger partial charge < -0.3 is 0 Å². The van der Waals surface area contributed by atoms with Crippen molar-refractivity contribution in [3.8, 4) is 0 Å². The number of hydrogen-bond donors (Lipinski definition) is 0. The van der Waals surface area contributed by atoms with Crippen molar-refractivity contribution >= 4 is 45.1 Å². The van der Waals surface area contributed by atoms with Crippen molar-refractivity contribution in [3.63, 3.8) is 0 Å². The van der Waals surface area contributed by atoms with E-state index in [0.717, 1.165) is 22.5 Å². The summed E-state index contributed by atoms with van der Waals surface area (Å²) < 4.78 is 17.8. The molecular formula is C18H19N2O3PSe. The maximum atomic E-state index is 6.02. The summed E-state index contributed by atoms with van der Waals surface area (Å²) in [6.07, 6.45) is 0.814. The zero-order valence-electron chi connectivity index (χ0n) is 13.9. The van der Waals surface area contributed by atoms with E-state index in [9.17, 15) is 0 Å². The van der Waals surface area contributed by atoms with E-state index in [1.807, 2.05) is 55.5 Å². The van der Waals surface area contributed by atoms with E-state index in [2.05, 4.69) is 25.1 Å². The van der Waals surface area contributed by atoms with Crippen LogP contribution in [0.15, 0.2) is 58.5 Å². The van der Waals surface area contributed by atoms with Gasteiger partial charge in [0.2, 0.25) is 0 Å². The van der Waals surface area contributed by atoms with Crippen molar-refractivity contribution in [1.82, 2.24) is 0 Å². The fourth-order valence-corrected chi connectivity index (χ4v) is 4.77. The third-order valence-electron chi connectivity index (χ3n) is 3.52. The Morgan fingerprint density at radius 2 is 1.40 bits per heavy atom. The summed E-state index contributed by atoms with van der Waals surface area (Å²) >= 11 is 2.99. The predicted octanol–water partition coefficient (Wildman–Crippen LogP) is 4.72. The summed E-state index contributed by atoms with van der Waals surface area (Å²) in [6.45, 7) is 3.13. The van der Waals surface area contributed by atoms with Crippen molar-refractivity contribution in [1.29, 1.82) is 0 Å². The molecule has 0 bridgehead atoms. The van der Waals surface area contributed by atoms with Crippen molar-refractivity contribution < 1.29 is 13.6 Å². The molecule has 130 valence electrons. The second-order valence-corrected chi connectivity index (χ2v) is 9.71. The van der Waals surface area contributed by atoms with Crippen LogP contribution in [0.3, 0.4) is 0 Å². The van der Waals surface area contributed by atoms with E-state index < -0.39 is 6.19 Å². The number of nitrogens with zero attached hydrogens (tertiary/aromatic N) is 2. The van der Waals surface area contributed by atoms with E-state index >= 15 is 0 Å². The first kappa shape index (κ1) is 18.4. The molecule has 0 unspecified atom stereocenters. The van der Waals surface area contributed by atoms with Crippen molar-refractivity contribution in [3.05, 3.63) is 59.7 Å². The van der Waals surface area contributed by atoms with Crippen LogP contribution in [-0.4, -0.2) is 34.1 Å². The molecule has 2 aromatic carbocycles. The van der Waals surface area contributed by atoms with Gasteiger partial charge in [0.25, 0.3) is 0 Å². The molecule has 0 saturated carbocycles. The molecule has 0 fully saturated rings. The average molecular weight is 421 g/mol. The minimum atomic E-state index is -2.57. The van der Waals surface area contributed by atoms with Gasteiger partial charge in [-0.2, -0.15) is 0 Å². The SMILES string of the molecule is CCOP1(=[Se])OCc2ccccc2N=CC=Nc2ccccc2CO1. The first-order valence-corrected chi connectivity index (χ1v) is 11.7. The van der Waals surface area contributed by atoms with Crippen LogP contribution in [0.1, 0.15) is 18.1 Å².